The predicted molar refractivity (Wildman–Crippen MR) is 112 cm³/mol. The van der Waals surface area contributed by atoms with Gasteiger partial charge in [-0.1, -0.05) is 26.0 Å². The number of esters is 1. The van der Waals surface area contributed by atoms with Gasteiger partial charge < -0.3 is 10.1 Å². The topological polar surface area (TPSA) is 123 Å². The second-order valence-corrected chi connectivity index (χ2v) is 6.74. The van der Waals surface area contributed by atoms with E-state index in [4.69, 9.17) is 12.2 Å². The van der Waals surface area contributed by atoms with Gasteiger partial charge in [-0.15, -0.1) is 0 Å². The molecule has 29 heavy (non-hydrogen) atoms. The van der Waals surface area contributed by atoms with Crippen LogP contribution in [0.5, 0.6) is 0 Å². The van der Waals surface area contributed by atoms with Crippen LogP contribution in [0.25, 0.3) is 0 Å². The average molecular weight is 416 g/mol. The molecule has 2 aromatic rings. The van der Waals surface area contributed by atoms with Gasteiger partial charge >= 0.3 is 5.97 Å². The number of thiocarbonyl (C=S) groups is 1. The first-order valence-corrected chi connectivity index (χ1v) is 8.97. The fraction of sp³-hybridized carbons (Fsp3) is 0.211. The van der Waals surface area contributed by atoms with Crippen molar-refractivity contribution in [2.75, 3.05) is 12.4 Å². The Labute approximate surface area is 172 Å². The molecule has 0 aliphatic carbocycles. The average Bonchev–Trinajstić information content (AvgIpc) is 2.71. The summed E-state index contributed by atoms with van der Waals surface area (Å²) in [6.45, 7) is 4.17. The predicted octanol–water partition coefficient (Wildman–Crippen LogP) is 3.14. The standard InChI is InChI=1S/C19H20N4O5S/c1-11(2)12-4-6-15(7-5-12)20-19(29)22-21-17(24)13-8-14(18(25)28-3)10-16(9-13)23(26)27/h4-11H,1-3H3,(H,21,24)(H2,20,22,29). The Morgan fingerprint density at radius 3 is 2.24 bits per heavy atom. The van der Waals surface area contributed by atoms with Crippen LogP contribution >= 0.6 is 12.2 Å². The molecule has 2 aromatic carbocycles. The number of benzene rings is 2. The van der Waals surface area contributed by atoms with Crippen LogP contribution in [-0.2, 0) is 4.74 Å². The van der Waals surface area contributed by atoms with Gasteiger partial charge in [0.15, 0.2) is 5.11 Å². The second-order valence-electron chi connectivity index (χ2n) is 6.33. The van der Waals surface area contributed by atoms with E-state index in [0.717, 1.165) is 24.9 Å². The lowest BCUT2D eigenvalue weighted by molar-refractivity contribution is -0.384. The zero-order chi connectivity index (χ0) is 21.6. The Hall–Kier alpha value is -3.53. The summed E-state index contributed by atoms with van der Waals surface area (Å²) in [4.78, 5) is 34.3. The minimum absolute atomic E-state index is 0.101. The maximum absolute atomic E-state index is 12.3. The first-order valence-electron chi connectivity index (χ1n) is 8.56. The van der Waals surface area contributed by atoms with Crippen molar-refractivity contribution < 1.29 is 19.2 Å². The number of amides is 1. The van der Waals surface area contributed by atoms with Gasteiger partial charge in [0.1, 0.15) is 0 Å². The normalized spacial score (nSPS) is 10.2. The van der Waals surface area contributed by atoms with E-state index in [1.807, 2.05) is 24.3 Å². The number of nitro benzene ring substituents is 1. The van der Waals surface area contributed by atoms with Gasteiger partial charge in [0.05, 0.1) is 17.6 Å². The Kier molecular flexibility index (Phi) is 7.21. The Morgan fingerprint density at radius 2 is 1.69 bits per heavy atom. The van der Waals surface area contributed by atoms with Gasteiger partial charge in [0, 0.05) is 23.4 Å². The lowest BCUT2D eigenvalue weighted by Crippen LogP contribution is -2.43. The van der Waals surface area contributed by atoms with Crippen LogP contribution in [0, 0.1) is 10.1 Å². The molecule has 1 amide bonds. The summed E-state index contributed by atoms with van der Waals surface area (Å²) < 4.78 is 4.55. The number of nitrogens with one attached hydrogen (secondary N) is 3. The van der Waals surface area contributed by atoms with Crippen molar-refractivity contribution in [3.63, 3.8) is 0 Å². The number of ether oxygens (including phenoxy) is 1. The molecule has 0 spiro atoms. The monoisotopic (exact) mass is 416 g/mol. The van der Waals surface area contributed by atoms with Gasteiger partial charge in [0.25, 0.3) is 11.6 Å². The zero-order valence-corrected chi connectivity index (χ0v) is 16.8. The number of hydrazine groups is 1. The van der Waals surface area contributed by atoms with E-state index >= 15 is 0 Å². The van der Waals surface area contributed by atoms with Crippen LogP contribution in [-0.4, -0.2) is 29.0 Å². The molecule has 0 heterocycles. The van der Waals surface area contributed by atoms with E-state index in [9.17, 15) is 19.7 Å². The molecule has 9 nitrogen and oxygen atoms in total. The van der Waals surface area contributed by atoms with Gasteiger partial charge in [0.2, 0.25) is 0 Å². The Morgan fingerprint density at radius 1 is 1.07 bits per heavy atom. The number of nitro groups is 1. The third kappa shape index (κ3) is 5.98. The molecule has 0 aromatic heterocycles. The summed E-state index contributed by atoms with van der Waals surface area (Å²) in [5.41, 5.74) is 6.12. The van der Waals surface area contributed by atoms with Crippen molar-refractivity contribution in [2.45, 2.75) is 19.8 Å². The highest BCUT2D eigenvalue weighted by molar-refractivity contribution is 7.80. The number of rotatable bonds is 5. The van der Waals surface area contributed by atoms with E-state index in [0.29, 0.717) is 5.92 Å². The number of carbonyl (C=O) groups excluding carboxylic acids is 2. The Balaban J connectivity index is 2.04. The van der Waals surface area contributed by atoms with Crippen molar-refractivity contribution in [1.82, 2.24) is 10.9 Å². The van der Waals surface area contributed by atoms with Gasteiger partial charge in [-0.2, -0.15) is 0 Å². The lowest BCUT2D eigenvalue weighted by atomic mass is 10.0. The summed E-state index contributed by atoms with van der Waals surface area (Å²) in [7, 11) is 1.14. The number of carbonyl (C=O) groups is 2. The van der Waals surface area contributed by atoms with Crippen LogP contribution in [0.3, 0.4) is 0 Å². The van der Waals surface area contributed by atoms with Gasteiger partial charge in [-0.25, -0.2) is 4.79 Å². The molecule has 3 N–H and O–H groups in total. The molecular weight excluding hydrogens is 396 g/mol. The molecule has 0 radical (unpaired) electrons. The lowest BCUT2D eigenvalue weighted by Gasteiger charge is -2.13. The van der Waals surface area contributed by atoms with Crippen LogP contribution in [0.15, 0.2) is 42.5 Å². The highest BCUT2D eigenvalue weighted by Crippen LogP contribution is 2.18. The quantitative estimate of drug-likeness (QED) is 0.294. The summed E-state index contributed by atoms with van der Waals surface area (Å²) in [6, 6.07) is 10.9. The van der Waals surface area contributed by atoms with E-state index in [1.54, 1.807) is 0 Å². The molecule has 0 atom stereocenters. The molecule has 0 aliphatic rings. The number of methoxy groups -OCH3 is 1. The van der Waals surface area contributed by atoms with Crippen LogP contribution < -0.4 is 16.2 Å². The summed E-state index contributed by atoms with van der Waals surface area (Å²) in [6.07, 6.45) is 0. The van der Waals surface area contributed by atoms with E-state index in [-0.39, 0.29) is 16.2 Å². The zero-order valence-electron chi connectivity index (χ0n) is 16.0. The van der Waals surface area contributed by atoms with Gasteiger partial charge in [-0.3, -0.25) is 25.8 Å². The molecule has 0 fully saturated rings. The fourth-order valence-corrected chi connectivity index (χ4v) is 2.55. The van der Waals surface area contributed by atoms with Gasteiger partial charge in [-0.05, 0) is 41.9 Å². The van der Waals surface area contributed by atoms with E-state index < -0.39 is 22.5 Å². The van der Waals surface area contributed by atoms with Crippen molar-refractivity contribution in [2.24, 2.45) is 0 Å². The van der Waals surface area contributed by atoms with Crippen LogP contribution in [0.1, 0.15) is 46.0 Å². The third-order valence-corrected chi connectivity index (χ3v) is 4.14. The first kappa shape index (κ1) is 21.8. The maximum atomic E-state index is 12.3. The SMILES string of the molecule is COC(=O)c1cc(C(=O)NNC(=S)Nc2ccc(C(C)C)cc2)cc([N+](=O)[O-])c1. The van der Waals surface area contributed by atoms with Crippen molar-refractivity contribution in [3.8, 4) is 0 Å². The van der Waals surface area contributed by atoms with E-state index in [1.165, 1.54) is 11.6 Å². The number of anilines is 1. The van der Waals surface area contributed by atoms with Crippen molar-refractivity contribution in [1.29, 1.82) is 0 Å². The van der Waals surface area contributed by atoms with Crippen molar-refractivity contribution in [3.05, 3.63) is 69.3 Å². The summed E-state index contributed by atoms with van der Waals surface area (Å²) >= 11 is 5.12. The molecule has 10 heteroatoms. The minimum atomic E-state index is -0.794. The first-order chi connectivity index (χ1) is 13.7. The second kappa shape index (κ2) is 9.60. The number of non-ortho nitro benzene ring substituents is 1. The molecule has 0 aliphatic heterocycles. The number of nitrogens with zero attached hydrogens (tertiary/aromatic N) is 1. The molecular formula is C19H20N4O5S. The van der Waals surface area contributed by atoms with Crippen LogP contribution in [0.4, 0.5) is 11.4 Å². The van der Waals surface area contributed by atoms with Crippen molar-refractivity contribution >= 4 is 40.6 Å². The molecule has 0 saturated carbocycles. The number of hydrogen-bond donors (Lipinski definition) is 3. The number of hydrogen-bond acceptors (Lipinski definition) is 6. The highest BCUT2D eigenvalue weighted by atomic mass is 32.1. The summed E-state index contributed by atoms with van der Waals surface area (Å²) in [5, 5.41) is 14.1. The molecule has 0 saturated heterocycles. The molecule has 0 bridgehead atoms. The molecule has 152 valence electrons. The molecule has 0 unspecified atom stereocenters. The van der Waals surface area contributed by atoms with Crippen LogP contribution in [0.2, 0.25) is 0 Å². The third-order valence-electron chi connectivity index (χ3n) is 3.94. The highest BCUT2D eigenvalue weighted by Gasteiger charge is 2.18. The fourth-order valence-electron chi connectivity index (χ4n) is 2.38. The smallest absolute Gasteiger partial charge is 0.338 e. The van der Waals surface area contributed by atoms with E-state index in [2.05, 4.69) is 34.8 Å². The maximum Gasteiger partial charge on any atom is 0.338 e. The Bertz CT molecular complexity index is 944. The largest absolute Gasteiger partial charge is 0.465 e. The summed E-state index contributed by atoms with van der Waals surface area (Å²) in [5.74, 6) is -1.10. The molecule has 2 rings (SSSR count). The minimum Gasteiger partial charge on any atom is -0.465 e.